The number of aliphatic carboxylic acids is 1. The van der Waals surface area contributed by atoms with Crippen LogP contribution in [0.25, 0.3) is 0 Å². The van der Waals surface area contributed by atoms with E-state index in [0.717, 1.165) is 37.5 Å². The second-order valence-corrected chi connectivity index (χ2v) is 4.78. The molecule has 3 heteroatoms. The van der Waals surface area contributed by atoms with Crippen LogP contribution in [0.3, 0.4) is 0 Å². The molecule has 1 rings (SSSR count). The van der Waals surface area contributed by atoms with Crippen molar-refractivity contribution in [2.24, 2.45) is 23.5 Å². The molecule has 3 N–H and O–H groups in total. The van der Waals surface area contributed by atoms with Gasteiger partial charge in [-0.3, -0.25) is 4.79 Å². The fourth-order valence-corrected chi connectivity index (χ4v) is 2.37. The van der Waals surface area contributed by atoms with Crippen LogP contribution in [0.15, 0.2) is 0 Å². The highest BCUT2D eigenvalue weighted by molar-refractivity contribution is 5.73. The summed E-state index contributed by atoms with van der Waals surface area (Å²) in [5, 5.41) is 8.78. The fourth-order valence-electron chi connectivity index (χ4n) is 2.37. The molecule has 0 aromatic heterocycles. The molecular formula is C11H21NO2. The van der Waals surface area contributed by atoms with Crippen LogP contribution in [-0.2, 0) is 4.79 Å². The Labute approximate surface area is 85.7 Å². The highest BCUT2D eigenvalue weighted by atomic mass is 16.4. The predicted octanol–water partition coefficient (Wildman–Crippen LogP) is 1.86. The van der Waals surface area contributed by atoms with Gasteiger partial charge in [-0.2, -0.15) is 0 Å². The van der Waals surface area contributed by atoms with E-state index in [1.165, 1.54) is 0 Å². The number of nitrogens with two attached hydrogens (primary N) is 1. The normalized spacial score (nSPS) is 30.3. The first-order valence-corrected chi connectivity index (χ1v) is 5.50. The molecule has 1 saturated carbocycles. The maximum absolute atomic E-state index is 10.7. The topological polar surface area (TPSA) is 63.3 Å². The SMILES string of the molecule is CC(C)C1CCC(C(N)C(=O)O)CC1. The van der Waals surface area contributed by atoms with Gasteiger partial charge in [0, 0.05) is 0 Å². The first-order valence-electron chi connectivity index (χ1n) is 5.50. The third-order valence-electron chi connectivity index (χ3n) is 3.55. The van der Waals surface area contributed by atoms with Gasteiger partial charge >= 0.3 is 5.97 Å². The summed E-state index contributed by atoms with van der Waals surface area (Å²) in [6.45, 7) is 4.48. The minimum absolute atomic E-state index is 0.197. The number of hydrogen-bond acceptors (Lipinski definition) is 2. The highest BCUT2D eigenvalue weighted by Crippen LogP contribution is 2.34. The molecule has 1 fully saturated rings. The van der Waals surface area contributed by atoms with Gasteiger partial charge in [0.15, 0.2) is 0 Å². The lowest BCUT2D eigenvalue weighted by molar-refractivity contribution is -0.140. The molecule has 0 spiro atoms. The van der Waals surface area contributed by atoms with E-state index in [1.54, 1.807) is 0 Å². The Hall–Kier alpha value is -0.570. The van der Waals surface area contributed by atoms with Crippen molar-refractivity contribution in [3.05, 3.63) is 0 Å². The second kappa shape index (κ2) is 4.78. The van der Waals surface area contributed by atoms with E-state index in [4.69, 9.17) is 10.8 Å². The van der Waals surface area contributed by atoms with Crippen LogP contribution in [0, 0.1) is 17.8 Å². The van der Waals surface area contributed by atoms with Crippen molar-refractivity contribution in [1.29, 1.82) is 0 Å². The van der Waals surface area contributed by atoms with E-state index in [9.17, 15) is 4.79 Å². The molecule has 82 valence electrons. The van der Waals surface area contributed by atoms with Crippen molar-refractivity contribution < 1.29 is 9.90 Å². The Kier molecular flexibility index (Phi) is 3.93. The van der Waals surface area contributed by atoms with Gasteiger partial charge in [-0.05, 0) is 43.4 Å². The zero-order valence-corrected chi connectivity index (χ0v) is 9.07. The number of carboxylic acids is 1. The van der Waals surface area contributed by atoms with Gasteiger partial charge in [-0.15, -0.1) is 0 Å². The first-order chi connectivity index (χ1) is 6.52. The number of rotatable bonds is 3. The molecule has 0 saturated heterocycles. The summed E-state index contributed by atoms with van der Waals surface area (Å²) in [4.78, 5) is 10.7. The lowest BCUT2D eigenvalue weighted by Gasteiger charge is -2.32. The number of carboxylic acid groups (broad SMARTS) is 1. The second-order valence-electron chi connectivity index (χ2n) is 4.78. The standard InChI is InChI=1S/C11H21NO2/c1-7(2)8-3-5-9(6-4-8)10(12)11(13)14/h7-10H,3-6,12H2,1-2H3,(H,13,14). The molecule has 0 heterocycles. The minimum atomic E-state index is -0.849. The minimum Gasteiger partial charge on any atom is -0.480 e. The molecule has 1 unspecified atom stereocenters. The predicted molar refractivity (Wildman–Crippen MR) is 55.9 cm³/mol. The van der Waals surface area contributed by atoms with Crippen LogP contribution in [-0.4, -0.2) is 17.1 Å². The van der Waals surface area contributed by atoms with Crippen LogP contribution in [0.1, 0.15) is 39.5 Å². The largest absolute Gasteiger partial charge is 0.480 e. The third kappa shape index (κ3) is 2.71. The van der Waals surface area contributed by atoms with Crippen molar-refractivity contribution in [2.75, 3.05) is 0 Å². The van der Waals surface area contributed by atoms with Crippen molar-refractivity contribution in [1.82, 2.24) is 0 Å². The summed E-state index contributed by atoms with van der Waals surface area (Å²) in [7, 11) is 0. The Balaban J connectivity index is 2.39. The van der Waals surface area contributed by atoms with Crippen LogP contribution < -0.4 is 5.73 Å². The van der Waals surface area contributed by atoms with Crippen molar-refractivity contribution in [3.63, 3.8) is 0 Å². The van der Waals surface area contributed by atoms with Crippen molar-refractivity contribution >= 4 is 5.97 Å². The first kappa shape index (κ1) is 11.5. The molecule has 0 radical (unpaired) electrons. The zero-order chi connectivity index (χ0) is 10.7. The van der Waals surface area contributed by atoms with Gasteiger partial charge in [0.25, 0.3) is 0 Å². The molecule has 1 aliphatic rings. The monoisotopic (exact) mass is 199 g/mol. The van der Waals surface area contributed by atoms with Gasteiger partial charge in [0.05, 0.1) is 0 Å². The lowest BCUT2D eigenvalue weighted by Crippen LogP contribution is -2.40. The van der Waals surface area contributed by atoms with Crippen LogP contribution in [0.4, 0.5) is 0 Å². The third-order valence-corrected chi connectivity index (χ3v) is 3.55. The summed E-state index contributed by atoms with van der Waals surface area (Å²) in [6.07, 6.45) is 4.25. The summed E-state index contributed by atoms with van der Waals surface area (Å²) < 4.78 is 0. The number of hydrogen-bond donors (Lipinski definition) is 2. The molecular weight excluding hydrogens is 178 g/mol. The molecule has 0 bridgehead atoms. The molecule has 3 nitrogen and oxygen atoms in total. The van der Waals surface area contributed by atoms with Gasteiger partial charge in [-0.25, -0.2) is 0 Å². The smallest absolute Gasteiger partial charge is 0.320 e. The van der Waals surface area contributed by atoms with Gasteiger partial charge in [-0.1, -0.05) is 13.8 Å². The molecule has 0 amide bonds. The van der Waals surface area contributed by atoms with E-state index >= 15 is 0 Å². The van der Waals surface area contributed by atoms with Crippen LogP contribution in [0.5, 0.6) is 0 Å². The Morgan fingerprint density at radius 3 is 2.00 bits per heavy atom. The van der Waals surface area contributed by atoms with E-state index < -0.39 is 12.0 Å². The van der Waals surface area contributed by atoms with Crippen LogP contribution >= 0.6 is 0 Å². The van der Waals surface area contributed by atoms with E-state index in [2.05, 4.69) is 13.8 Å². The Bertz CT molecular complexity index is 195. The molecule has 0 aromatic carbocycles. The zero-order valence-electron chi connectivity index (χ0n) is 9.07. The molecule has 1 aliphatic carbocycles. The van der Waals surface area contributed by atoms with E-state index in [1.807, 2.05) is 0 Å². The van der Waals surface area contributed by atoms with Crippen molar-refractivity contribution in [3.8, 4) is 0 Å². The Morgan fingerprint density at radius 2 is 1.64 bits per heavy atom. The quantitative estimate of drug-likeness (QED) is 0.729. The lowest BCUT2D eigenvalue weighted by atomic mass is 9.75. The van der Waals surface area contributed by atoms with Crippen molar-refractivity contribution in [2.45, 2.75) is 45.6 Å². The maximum Gasteiger partial charge on any atom is 0.320 e. The number of carbonyl (C=O) groups is 1. The summed E-state index contributed by atoms with van der Waals surface area (Å²) in [6, 6.07) is -0.650. The summed E-state index contributed by atoms with van der Waals surface area (Å²) >= 11 is 0. The van der Waals surface area contributed by atoms with E-state index in [0.29, 0.717) is 0 Å². The molecule has 0 aliphatic heterocycles. The van der Waals surface area contributed by atoms with Gasteiger partial charge < -0.3 is 10.8 Å². The molecule has 14 heavy (non-hydrogen) atoms. The summed E-state index contributed by atoms with van der Waals surface area (Å²) in [5.41, 5.74) is 5.61. The highest BCUT2D eigenvalue weighted by Gasteiger charge is 2.30. The van der Waals surface area contributed by atoms with Crippen LogP contribution in [0.2, 0.25) is 0 Å². The summed E-state index contributed by atoms with van der Waals surface area (Å²) in [5.74, 6) is 0.838. The molecule has 1 atom stereocenters. The van der Waals surface area contributed by atoms with Gasteiger partial charge in [0.1, 0.15) is 6.04 Å². The van der Waals surface area contributed by atoms with E-state index in [-0.39, 0.29) is 5.92 Å². The fraction of sp³-hybridized carbons (Fsp3) is 0.909. The molecule has 0 aromatic rings. The average molecular weight is 199 g/mol. The van der Waals surface area contributed by atoms with Gasteiger partial charge in [0.2, 0.25) is 0 Å². The maximum atomic E-state index is 10.7. The average Bonchev–Trinajstić information content (AvgIpc) is 2.16. The Morgan fingerprint density at radius 1 is 1.21 bits per heavy atom.